The first-order valence-electron chi connectivity index (χ1n) is 10.7. The maximum Gasteiger partial charge on any atom is 0.416 e. The molecule has 5 rings (SSSR count). The Balaban J connectivity index is 1.33. The summed E-state index contributed by atoms with van der Waals surface area (Å²) in [6.07, 6.45) is -2.12. The zero-order valence-electron chi connectivity index (χ0n) is 17.9. The molecule has 2 fully saturated rings. The number of carbonyl (C=O) groups is 1. The number of anilines is 1. The van der Waals surface area contributed by atoms with E-state index in [1.54, 1.807) is 11.0 Å². The molecule has 0 N–H and O–H groups in total. The summed E-state index contributed by atoms with van der Waals surface area (Å²) in [6.45, 7) is 5.81. The molecule has 5 nitrogen and oxygen atoms in total. The molecule has 2 aliphatic rings. The minimum absolute atomic E-state index is 0.0402. The van der Waals surface area contributed by atoms with Crippen LogP contribution in [0.25, 0.3) is 10.2 Å². The smallest absolute Gasteiger partial charge is 0.368 e. The van der Waals surface area contributed by atoms with Gasteiger partial charge in [-0.05, 0) is 50.5 Å². The van der Waals surface area contributed by atoms with Gasteiger partial charge in [0.25, 0.3) is 5.91 Å². The van der Waals surface area contributed by atoms with Gasteiger partial charge in [-0.2, -0.15) is 13.2 Å². The first kappa shape index (κ1) is 21.2. The van der Waals surface area contributed by atoms with Crippen LogP contribution in [0.2, 0.25) is 0 Å². The third kappa shape index (κ3) is 3.83. The number of benzene rings is 1. The molecular formula is C23H23F3N4OS. The summed E-state index contributed by atoms with van der Waals surface area (Å²) in [4.78, 5) is 27.9. The molecule has 0 spiro atoms. The van der Waals surface area contributed by atoms with Crippen LogP contribution in [0.15, 0.2) is 24.3 Å². The number of rotatable bonds is 3. The molecule has 9 heteroatoms. The Hall–Kier alpha value is -2.68. The summed E-state index contributed by atoms with van der Waals surface area (Å²) in [5.41, 5.74) is 1.70. The molecule has 32 heavy (non-hydrogen) atoms. The van der Waals surface area contributed by atoms with Crippen molar-refractivity contribution in [1.29, 1.82) is 0 Å². The van der Waals surface area contributed by atoms with Gasteiger partial charge in [0.05, 0.1) is 16.1 Å². The van der Waals surface area contributed by atoms with Gasteiger partial charge in [0.2, 0.25) is 0 Å². The third-order valence-electron chi connectivity index (χ3n) is 6.23. The van der Waals surface area contributed by atoms with Crippen LogP contribution < -0.4 is 4.90 Å². The maximum absolute atomic E-state index is 13.3. The van der Waals surface area contributed by atoms with Gasteiger partial charge in [0.15, 0.2) is 0 Å². The normalized spacial score (nSPS) is 17.3. The van der Waals surface area contributed by atoms with Crippen LogP contribution in [0.5, 0.6) is 0 Å². The average Bonchev–Trinajstić information content (AvgIpc) is 3.56. The number of fused-ring (bicyclic) bond motifs is 1. The number of piperazine rings is 1. The molecule has 2 aromatic heterocycles. The molecule has 0 bridgehead atoms. The second-order valence-corrected chi connectivity index (χ2v) is 9.50. The van der Waals surface area contributed by atoms with E-state index in [-0.39, 0.29) is 5.91 Å². The summed E-state index contributed by atoms with van der Waals surface area (Å²) in [5.74, 6) is 1.29. The lowest BCUT2D eigenvalue weighted by atomic mass is 10.1. The molecule has 1 saturated carbocycles. The lowest BCUT2D eigenvalue weighted by Gasteiger charge is -2.36. The van der Waals surface area contributed by atoms with Crippen molar-refractivity contribution in [3.8, 4) is 0 Å². The molecule has 1 saturated heterocycles. The number of carbonyl (C=O) groups excluding carboxylic acids is 1. The van der Waals surface area contributed by atoms with E-state index < -0.39 is 11.7 Å². The SMILES string of the molecule is Cc1nc(C2CC2)nc2sc(C(=O)N3CCN(c4cccc(C(F)(F)F)c4)CC3)c(C)c12. The monoisotopic (exact) mass is 460 g/mol. The summed E-state index contributed by atoms with van der Waals surface area (Å²) in [5, 5.41) is 0.963. The Bertz CT molecular complexity index is 1190. The average molecular weight is 461 g/mol. The van der Waals surface area contributed by atoms with Gasteiger partial charge in [-0.3, -0.25) is 4.79 Å². The van der Waals surface area contributed by atoms with Crippen LogP contribution >= 0.6 is 11.3 Å². The summed E-state index contributed by atoms with van der Waals surface area (Å²) < 4.78 is 39.1. The topological polar surface area (TPSA) is 49.3 Å². The van der Waals surface area contributed by atoms with Gasteiger partial charge >= 0.3 is 6.18 Å². The van der Waals surface area contributed by atoms with E-state index in [0.29, 0.717) is 42.7 Å². The minimum Gasteiger partial charge on any atom is -0.368 e. The number of alkyl halides is 3. The summed E-state index contributed by atoms with van der Waals surface area (Å²) in [6, 6.07) is 5.36. The van der Waals surface area contributed by atoms with Gasteiger partial charge in [-0.25, -0.2) is 9.97 Å². The lowest BCUT2D eigenvalue weighted by molar-refractivity contribution is -0.137. The molecule has 1 aliphatic carbocycles. The Morgan fingerprint density at radius 3 is 2.47 bits per heavy atom. The fourth-order valence-electron chi connectivity index (χ4n) is 4.28. The van der Waals surface area contributed by atoms with E-state index in [4.69, 9.17) is 4.98 Å². The van der Waals surface area contributed by atoms with Gasteiger partial charge in [0.1, 0.15) is 10.7 Å². The van der Waals surface area contributed by atoms with Crippen molar-refractivity contribution in [2.75, 3.05) is 31.1 Å². The number of amides is 1. The first-order chi connectivity index (χ1) is 15.2. The fraction of sp³-hybridized carbons (Fsp3) is 0.435. The Labute approximate surface area is 187 Å². The molecule has 168 valence electrons. The predicted molar refractivity (Wildman–Crippen MR) is 118 cm³/mol. The van der Waals surface area contributed by atoms with Gasteiger partial charge in [-0.15, -0.1) is 11.3 Å². The number of aromatic nitrogens is 2. The Morgan fingerprint density at radius 1 is 1.09 bits per heavy atom. The van der Waals surface area contributed by atoms with Crippen molar-refractivity contribution >= 4 is 33.1 Å². The highest BCUT2D eigenvalue weighted by atomic mass is 32.1. The number of aryl methyl sites for hydroxylation is 2. The molecule has 1 aromatic carbocycles. The molecule has 0 radical (unpaired) electrons. The Morgan fingerprint density at radius 2 is 1.81 bits per heavy atom. The van der Waals surface area contributed by atoms with Gasteiger partial charge in [-0.1, -0.05) is 6.07 Å². The molecular weight excluding hydrogens is 437 g/mol. The van der Waals surface area contributed by atoms with Crippen LogP contribution in [-0.2, 0) is 6.18 Å². The van der Waals surface area contributed by atoms with Crippen molar-refractivity contribution in [1.82, 2.24) is 14.9 Å². The van der Waals surface area contributed by atoms with Crippen LogP contribution in [0.1, 0.15) is 51.1 Å². The van der Waals surface area contributed by atoms with Crippen LogP contribution in [0.4, 0.5) is 18.9 Å². The van der Waals surface area contributed by atoms with Crippen molar-refractivity contribution in [3.05, 3.63) is 51.8 Å². The third-order valence-corrected chi connectivity index (χ3v) is 7.40. The number of hydrogen-bond donors (Lipinski definition) is 0. The highest BCUT2D eigenvalue weighted by molar-refractivity contribution is 7.20. The summed E-state index contributed by atoms with van der Waals surface area (Å²) >= 11 is 1.42. The van der Waals surface area contributed by atoms with Crippen molar-refractivity contribution in [3.63, 3.8) is 0 Å². The maximum atomic E-state index is 13.3. The van der Waals surface area contributed by atoms with Crippen molar-refractivity contribution in [2.45, 2.75) is 38.8 Å². The molecule has 3 aromatic rings. The fourth-order valence-corrected chi connectivity index (χ4v) is 5.49. The Kier molecular flexibility index (Phi) is 5.11. The second-order valence-electron chi connectivity index (χ2n) is 8.51. The van der Waals surface area contributed by atoms with Crippen molar-refractivity contribution < 1.29 is 18.0 Å². The largest absolute Gasteiger partial charge is 0.416 e. The quantitative estimate of drug-likeness (QED) is 0.541. The zero-order valence-corrected chi connectivity index (χ0v) is 18.7. The predicted octanol–water partition coefficient (Wildman–Crippen LogP) is 5.17. The second kappa shape index (κ2) is 7.72. The van der Waals surface area contributed by atoms with E-state index >= 15 is 0 Å². The highest BCUT2D eigenvalue weighted by Gasteiger charge is 2.32. The minimum atomic E-state index is -4.37. The van der Waals surface area contributed by atoms with E-state index in [2.05, 4.69) is 4.98 Å². The van der Waals surface area contributed by atoms with Gasteiger partial charge in [0, 0.05) is 43.2 Å². The zero-order chi connectivity index (χ0) is 22.6. The lowest BCUT2D eigenvalue weighted by Crippen LogP contribution is -2.48. The molecule has 0 atom stereocenters. The van der Waals surface area contributed by atoms with E-state index in [9.17, 15) is 18.0 Å². The van der Waals surface area contributed by atoms with Gasteiger partial charge < -0.3 is 9.80 Å². The highest BCUT2D eigenvalue weighted by Crippen LogP contribution is 2.40. The molecule has 1 aliphatic heterocycles. The number of nitrogens with zero attached hydrogens (tertiary/aromatic N) is 4. The van der Waals surface area contributed by atoms with E-state index in [1.165, 1.54) is 23.5 Å². The molecule has 3 heterocycles. The standard InChI is InChI=1S/C23H23F3N4OS/c1-13-18-14(2)27-20(15-6-7-15)28-21(18)32-19(13)22(31)30-10-8-29(9-11-30)17-5-3-4-16(12-17)23(24,25)26/h3-5,12,15H,6-11H2,1-2H3. The van der Waals surface area contributed by atoms with E-state index in [1.807, 2.05) is 18.7 Å². The van der Waals surface area contributed by atoms with Crippen LogP contribution in [0, 0.1) is 13.8 Å². The van der Waals surface area contributed by atoms with Crippen molar-refractivity contribution in [2.24, 2.45) is 0 Å². The number of thiophene rings is 1. The molecule has 1 amide bonds. The summed E-state index contributed by atoms with van der Waals surface area (Å²) in [7, 11) is 0. The number of hydrogen-bond acceptors (Lipinski definition) is 5. The number of halogens is 3. The van der Waals surface area contributed by atoms with Crippen LogP contribution in [-0.4, -0.2) is 47.0 Å². The van der Waals surface area contributed by atoms with E-state index in [0.717, 1.165) is 46.2 Å². The van der Waals surface area contributed by atoms with Crippen LogP contribution in [0.3, 0.4) is 0 Å². The molecule has 0 unspecified atom stereocenters. The first-order valence-corrected chi connectivity index (χ1v) is 11.5.